The lowest BCUT2D eigenvalue weighted by Gasteiger charge is -2.25. The van der Waals surface area contributed by atoms with Gasteiger partial charge in [-0.25, -0.2) is 16.7 Å². The number of ether oxygens (including phenoxy) is 1. The third-order valence-electron chi connectivity index (χ3n) is 5.81. The van der Waals surface area contributed by atoms with Crippen LogP contribution in [-0.2, 0) is 6.42 Å². The van der Waals surface area contributed by atoms with Crippen molar-refractivity contribution in [2.24, 2.45) is 23.2 Å². The smallest absolute Gasteiger partial charge is 0.140 e. The molecule has 178 valence electrons. The fourth-order valence-corrected chi connectivity index (χ4v) is 4.03. The maximum Gasteiger partial charge on any atom is 0.140 e. The summed E-state index contributed by atoms with van der Waals surface area (Å²) in [5, 5.41) is 2.94. The van der Waals surface area contributed by atoms with Crippen molar-refractivity contribution >= 4 is 5.70 Å². The number of allylic oxidation sites excluding steroid dienone is 1. The van der Waals surface area contributed by atoms with Gasteiger partial charge in [-0.3, -0.25) is 0 Å². The van der Waals surface area contributed by atoms with Crippen LogP contribution in [0.1, 0.15) is 49.1 Å². The number of aromatic nitrogens is 1. The first-order valence-electron chi connectivity index (χ1n) is 11.5. The van der Waals surface area contributed by atoms with Gasteiger partial charge in [0.15, 0.2) is 0 Å². The highest BCUT2D eigenvalue weighted by molar-refractivity contribution is 5.63. The zero-order chi connectivity index (χ0) is 23.8. The molecule has 1 aromatic carbocycles. The molecule has 0 saturated heterocycles. The maximum absolute atomic E-state index is 6.47. The van der Waals surface area contributed by atoms with Crippen LogP contribution in [0.15, 0.2) is 60.1 Å². The fourth-order valence-electron chi connectivity index (χ4n) is 4.03. The molecule has 0 unspecified atom stereocenters. The predicted molar refractivity (Wildman–Crippen MR) is 133 cm³/mol. The third-order valence-corrected chi connectivity index (χ3v) is 5.81. The molecule has 0 atom stereocenters. The topological polar surface area (TPSA) is 133 Å². The molecule has 1 aliphatic carbocycles. The molecule has 1 fully saturated rings. The van der Waals surface area contributed by atoms with Crippen LogP contribution in [0.5, 0.6) is 5.75 Å². The highest BCUT2D eigenvalue weighted by Gasteiger charge is 2.18. The van der Waals surface area contributed by atoms with E-state index in [4.69, 9.17) is 27.9 Å². The van der Waals surface area contributed by atoms with Gasteiger partial charge in [0.05, 0.1) is 35.4 Å². The number of nitrogens with two attached hydrogens (primary N) is 4. The Morgan fingerprint density at radius 1 is 1.06 bits per heavy atom. The summed E-state index contributed by atoms with van der Waals surface area (Å²) < 4.78 is 6.18. The van der Waals surface area contributed by atoms with E-state index in [1.54, 1.807) is 13.2 Å². The number of likely N-dealkylation sites (N-methyl/N-ethyl adjacent to an activating group) is 1. The second kappa shape index (κ2) is 11.6. The van der Waals surface area contributed by atoms with Crippen molar-refractivity contribution in [3.63, 3.8) is 0 Å². The van der Waals surface area contributed by atoms with Crippen molar-refractivity contribution in [3.05, 3.63) is 77.0 Å². The van der Waals surface area contributed by atoms with Gasteiger partial charge in [-0.1, -0.05) is 36.8 Å². The number of rotatable bonds is 9. The lowest BCUT2D eigenvalue weighted by molar-refractivity contribution is 0.153. The molecule has 8 N–H and O–H groups in total. The van der Waals surface area contributed by atoms with Gasteiger partial charge >= 0.3 is 0 Å². The molecule has 1 saturated carbocycles. The fraction of sp³-hybridized carbons (Fsp3) is 0.400. The Morgan fingerprint density at radius 2 is 1.76 bits per heavy atom. The van der Waals surface area contributed by atoms with E-state index in [2.05, 4.69) is 4.98 Å². The van der Waals surface area contributed by atoms with Gasteiger partial charge in [-0.2, -0.15) is 0 Å². The Morgan fingerprint density at radius 3 is 2.39 bits per heavy atom. The van der Waals surface area contributed by atoms with E-state index < -0.39 is 0 Å². The standard InChI is InChI=1S/C25H37N7O/c1-18-24(33-21-11-7-4-8-12-21)14-13-22(30-18)25(27)23(31(2)28)17-32(29)16-20(26)15-19-9-5-3-6-10-19/h3,5-6,9-10,13-14,16,21H,4,7-8,11-12,15,17,26-29H2,1-2H3/b20-16-,25-23-. The van der Waals surface area contributed by atoms with Crippen LogP contribution in [0.25, 0.3) is 5.70 Å². The normalized spacial score (nSPS) is 15.7. The molecule has 8 nitrogen and oxygen atoms in total. The second-order valence-electron chi connectivity index (χ2n) is 8.67. The molecule has 33 heavy (non-hydrogen) atoms. The number of hydrogen-bond acceptors (Lipinski definition) is 8. The lowest BCUT2D eigenvalue weighted by Crippen LogP contribution is -2.38. The molecule has 1 heterocycles. The minimum Gasteiger partial charge on any atom is -0.489 e. The van der Waals surface area contributed by atoms with Crippen LogP contribution in [-0.4, -0.2) is 34.7 Å². The number of aryl methyl sites for hydroxylation is 1. The first-order valence-corrected chi connectivity index (χ1v) is 11.5. The van der Waals surface area contributed by atoms with Crippen molar-refractivity contribution in [3.8, 4) is 5.75 Å². The second-order valence-corrected chi connectivity index (χ2v) is 8.67. The third kappa shape index (κ3) is 7.13. The Bertz CT molecular complexity index is 966. The summed E-state index contributed by atoms with van der Waals surface area (Å²) in [6, 6.07) is 13.8. The molecule has 0 radical (unpaired) electrons. The Labute approximate surface area is 196 Å². The minimum atomic E-state index is 0.266. The molecule has 0 bridgehead atoms. The number of hydrogen-bond donors (Lipinski definition) is 4. The molecule has 1 aliphatic rings. The molecule has 0 spiro atoms. The zero-order valence-electron chi connectivity index (χ0n) is 19.7. The highest BCUT2D eigenvalue weighted by Crippen LogP contribution is 2.26. The van der Waals surface area contributed by atoms with Crippen molar-refractivity contribution in [1.82, 2.24) is 15.0 Å². The van der Waals surface area contributed by atoms with Gasteiger partial charge in [-0.05, 0) is 50.3 Å². The minimum absolute atomic E-state index is 0.266. The molecule has 2 aromatic rings. The highest BCUT2D eigenvalue weighted by atomic mass is 16.5. The van der Waals surface area contributed by atoms with Crippen molar-refractivity contribution in [1.29, 1.82) is 0 Å². The number of hydrazine groups is 2. The van der Waals surface area contributed by atoms with Gasteiger partial charge in [0.2, 0.25) is 0 Å². The van der Waals surface area contributed by atoms with E-state index >= 15 is 0 Å². The summed E-state index contributed by atoms with van der Waals surface area (Å²) in [6.07, 6.45) is 8.49. The largest absolute Gasteiger partial charge is 0.489 e. The van der Waals surface area contributed by atoms with Crippen LogP contribution in [0.2, 0.25) is 0 Å². The van der Waals surface area contributed by atoms with Crippen molar-refractivity contribution in [2.45, 2.75) is 51.6 Å². The zero-order valence-corrected chi connectivity index (χ0v) is 19.7. The number of nitrogens with zero attached hydrogens (tertiary/aromatic N) is 3. The summed E-state index contributed by atoms with van der Waals surface area (Å²) in [6.45, 7) is 2.21. The quantitative estimate of drug-likeness (QED) is 0.338. The van der Waals surface area contributed by atoms with E-state index in [0.717, 1.165) is 29.8 Å². The van der Waals surface area contributed by atoms with Gasteiger partial charge in [-0.15, -0.1) is 0 Å². The van der Waals surface area contributed by atoms with Crippen LogP contribution < -0.4 is 27.9 Å². The Hall–Kier alpha value is -3.23. The summed E-state index contributed by atoms with van der Waals surface area (Å²) in [5.74, 6) is 13.1. The summed E-state index contributed by atoms with van der Waals surface area (Å²) in [7, 11) is 1.72. The summed E-state index contributed by atoms with van der Waals surface area (Å²) in [5.41, 5.74) is 16.9. The average Bonchev–Trinajstić information content (AvgIpc) is 2.79. The van der Waals surface area contributed by atoms with Crippen molar-refractivity contribution < 1.29 is 4.74 Å². The summed E-state index contributed by atoms with van der Waals surface area (Å²) >= 11 is 0. The lowest BCUT2D eigenvalue weighted by atomic mass is 9.98. The molecule has 8 heteroatoms. The first-order chi connectivity index (χ1) is 15.8. The van der Waals surface area contributed by atoms with Crippen LogP contribution in [0.3, 0.4) is 0 Å². The molecule has 3 rings (SSSR count). The monoisotopic (exact) mass is 451 g/mol. The average molecular weight is 452 g/mol. The molecular weight excluding hydrogens is 414 g/mol. The van der Waals surface area contributed by atoms with E-state index in [1.165, 1.54) is 29.3 Å². The predicted octanol–water partition coefficient (Wildman–Crippen LogP) is 2.75. The van der Waals surface area contributed by atoms with Crippen LogP contribution in [0, 0.1) is 6.92 Å². The Kier molecular flexibility index (Phi) is 8.57. The number of benzene rings is 1. The molecular formula is C25H37N7O. The summed E-state index contributed by atoms with van der Waals surface area (Å²) in [4.78, 5) is 4.68. The SMILES string of the molecule is Cc1nc(/C(N)=C(\CN(N)/C=C(\N)Cc2ccccc2)N(C)N)ccc1OC1CCCCC1. The van der Waals surface area contributed by atoms with Crippen LogP contribution in [0.4, 0.5) is 0 Å². The molecule has 1 aromatic heterocycles. The number of pyridine rings is 1. The molecule has 0 aliphatic heterocycles. The van der Waals surface area contributed by atoms with Crippen molar-refractivity contribution in [2.75, 3.05) is 13.6 Å². The van der Waals surface area contributed by atoms with Gasteiger partial charge < -0.3 is 26.2 Å². The van der Waals surface area contributed by atoms with E-state index in [0.29, 0.717) is 29.2 Å². The van der Waals surface area contributed by atoms with E-state index in [-0.39, 0.29) is 12.6 Å². The van der Waals surface area contributed by atoms with Crippen LogP contribution >= 0.6 is 0 Å². The Balaban J connectivity index is 1.72. The van der Waals surface area contributed by atoms with Gasteiger partial charge in [0, 0.05) is 25.4 Å². The van der Waals surface area contributed by atoms with Gasteiger partial charge in [0.1, 0.15) is 5.75 Å². The maximum atomic E-state index is 6.47. The van der Waals surface area contributed by atoms with E-state index in [1.807, 2.05) is 49.4 Å². The molecule has 0 amide bonds. The van der Waals surface area contributed by atoms with Gasteiger partial charge in [0.25, 0.3) is 0 Å². The van der Waals surface area contributed by atoms with E-state index in [9.17, 15) is 0 Å². The first kappa shape index (κ1) is 24.4.